The van der Waals surface area contributed by atoms with Crippen molar-refractivity contribution in [2.24, 2.45) is 5.41 Å². The van der Waals surface area contributed by atoms with Gasteiger partial charge in [0, 0.05) is 12.6 Å². The minimum atomic E-state index is -0.865. The monoisotopic (exact) mass is 272 g/mol. The zero-order valence-electron chi connectivity index (χ0n) is 11.6. The molecule has 0 aliphatic heterocycles. The molecule has 1 saturated carbocycles. The molecule has 0 atom stereocenters. The van der Waals surface area contributed by atoms with Crippen LogP contribution in [0.3, 0.4) is 0 Å². The molecular formula is C13H24N2O4. The van der Waals surface area contributed by atoms with E-state index in [0.29, 0.717) is 13.0 Å². The summed E-state index contributed by atoms with van der Waals surface area (Å²) < 4.78 is 0. The lowest BCUT2D eigenvalue weighted by molar-refractivity contribution is -0.147. The van der Waals surface area contributed by atoms with Crippen LogP contribution < -0.4 is 10.6 Å². The number of urea groups is 1. The van der Waals surface area contributed by atoms with Crippen molar-refractivity contribution in [3.63, 3.8) is 0 Å². The van der Waals surface area contributed by atoms with Crippen LogP contribution in [0.2, 0.25) is 0 Å². The van der Waals surface area contributed by atoms with Crippen LogP contribution in [0.15, 0.2) is 0 Å². The Kier molecular flexibility index (Phi) is 5.60. The largest absolute Gasteiger partial charge is 0.481 e. The molecule has 6 nitrogen and oxygen atoms in total. The van der Waals surface area contributed by atoms with Gasteiger partial charge < -0.3 is 20.8 Å². The Labute approximate surface area is 113 Å². The van der Waals surface area contributed by atoms with Crippen molar-refractivity contribution in [2.75, 3.05) is 6.54 Å². The van der Waals surface area contributed by atoms with Crippen LogP contribution in [0.25, 0.3) is 0 Å². The van der Waals surface area contributed by atoms with Gasteiger partial charge in [-0.1, -0.05) is 0 Å². The highest BCUT2D eigenvalue weighted by Crippen LogP contribution is 2.19. The summed E-state index contributed by atoms with van der Waals surface area (Å²) in [4.78, 5) is 22.5. The number of carbonyl (C=O) groups is 2. The molecule has 1 aliphatic carbocycles. The molecule has 19 heavy (non-hydrogen) atoms. The van der Waals surface area contributed by atoms with Crippen LogP contribution in [0, 0.1) is 5.41 Å². The third-order valence-electron chi connectivity index (χ3n) is 3.65. The first kappa shape index (κ1) is 15.8. The first-order valence-electron chi connectivity index (χ1n) is 6.77. The van der Waals surface area contributed by atoms with E-state index >= 15 is 0 Å². The lowest BCUT2D eigenvalue weighted by Crippen LogP contribution is -2.45. The molecule has 0 saturated heterocycles. The Hall–Kier alpha value is -1.30. The van der Waals surface area contributed by atoms with E-state index in [4.69, 9.17) is 5.11 Å². The van der Waals surface area contributed by atoms with E-state index in [0.717, 1.165) is 25.7 Å². The van der Waals surface area contributed by atoms with Gasteiger partial charge in [0.05, 0.1) is 11.5 Å². The van der Waals surface area contributed by atoms with E-state index < -0.39 is 11.4 Å². The van der Waals surface area contributed by atoms with Crippen molar-refractivity contribution >= 4 is 12.0 Å². The number of hydrogen-bond donors (Lipinski definition) is 4. The number of aliphatic hydroxyl groups excluding tert-OH is 1. The highest BCUT2D eigenvalue weighted by atomic mass is 16.4. The smallest absolute Gasteiger partial charge is 0.315 e. The quantitative estimate of drug-likeness (QED) is 0.602. The molecule has 0 aromatic heterocycles. The molecule has 0 aromatic carbocycles. The zero-order valence-corrected chi connectivity index (χ0v) is 11.6. The standard InChI is InChI=1S/C13H24N2O4/c1-13(2,11(17)18)7-8-14-12(19)15-9-3-5-10(16)6-4-9/h9-10,16H,3-8H2,1-2H3,(H,17,18)(H2,14,15,19). The van der Waals surface area contributed by atoms with E-state index in [1.54, 1.807) is 13.8 Å². The zero-order chi connectivity index (χ0) is 14.5. The third kappa shape index (κ3) is 5.46. The number of carboxylic acids is 1. The Balaban J connectivity index is 2.20. The second-order valence-electron chi connectivity index (χ2n) is 5.84. The van der Waals surface area contributed by atoms with Crippen LogP contribution in [0.4, 0.5) is 4.79 Å². The third-order valence-corrected chi connectivity index (χ3v) is 3.65. The van der Waals surface area contributed by atoms with Crippen LogP contribution in [0.5, 0.6) is 0 Å². The molecule has 0 bridgehead atoms. The van der Waals surface area contributed by atoms with Gasteiger partial charge in [0.25, 0.3) is 0 Å². The van der Waals surface area contributed by atoms with Gasteiger partial charge in [-0.15, -0.1) is 0 Å². The van der Waals surface area contributed by atoms with E-state index in [9.17, 15) is 14.7 Å². The second kappa shape index (κ2) is 6.75. The van der Waals surface area contributed by atoms with Crippen LogP contribution in [-0.4, -0.2) is 40.9 Å². The summed E-state index contributed by atoms with van der Waals surface area (Å²) in [6.45, 7) is 3.61. The predicted octanol–water partition coefficient (Wildman–Crippen LogP) is 1.09. The van der Waals surface area contributed by atoms with Crippen molar-refractivity contribution in [1.29, 1.82) is 0 Å². The van der Waals surface area contributed by atoms with Gasteiger partial charge in [-0.05, 0) is 46.0 Å². The van der Waals surface area contributed by atoms with Gasteiger partial charge in [-0.25, -0.2) is 4.79 Å². The molecule has 0 radical (unpaired) electrons. The molecule has 6 heteroatoms. The summed E-state index contributed by atoms with van der Waals surface area (Å²) in [6, 6.07) is -0.154. The lowest BCUT2D eigenvalue weighted by Gasteiger charge is -2.26. The highest BCUT2D eigenvalue weighted by molar-refractivity contribution is 5.75. The average molecular weight is 272 g/mol. The Morgan fingerprint density at radius 2 is 1.79 bits per heavy atom. The number of nitrogens with one attached hydrogen (secondary N) is 2. The van der Waals surface area contributed by atoms with Gasteiger partial charge in [0.1, 0.15) is 0 Å². The summed E-state index contributed by atoms with van der Waals surface area (Å²) in [5, 5.41) is 23.8. The summed E-state index contributed by atoms with van der Waals surface area (Å²) in [5.41, 5.74) is -0.831. The van der Waals surface area contributed by atoms with E-state index in [-0.39, 0.29) is 18.2 Å². The predicted molar refractivity (Wildman–Crippen MR) is 70.8 cm³/mol. The topological polar surface area (TPSA) is 98.7 Å². The second-order valence-corrected chi connectivity index (χ2v) is 5.84. The summed E-state index contributed by atoms with van der Waals surface area (Å²) in [5.74, 6) is -0.865. The fraction of sp³-hybridized carbons (Fsp3) is 0.846. The molecule has 4 N–H and O–H groups in total. The number of aliphatic carboxylic acids is 1. The SMILES string of the molecule is CC(C)(CCNC(=O)NC1CCC(O)CC1)C(=O)O. The molecule has 110 valence electrons. The summed E-state index contributed by atoms with van der Waals surface area (Å²) in [6.07, 6.45) is 3.16. The molecular weight excluding hydrogens is 248 g/mol. The van der Waals surface area contributed by atoms with Crippen LogP contribution in [-0.2, 0) is 4.79 Å². The van der Waals surface area contributed by atoms with Crippen LogP contribution in [0.1, 0.15) is 46.0 Å². The van der Waals surface area contributed by atoms with Crippen molar-refractivity contribution in [3.8, 4) is 0 Å². The minimum Gasteiger partial charge on any atom is -0.481 e. The van der Waals surface area contributed by atoms with Gasteiger partial charge >= 0.3 is 12.0 Å². The molecule has 1 fully saturated rings. The number of rotatable bonds is 5. The molecule has 1 rings (SSSR count). The normalized spacial score (nSPS) is 23.7. The summed E-state index contributed by atoms with van der Waals surface area (Å²) >= 11 is 0. The maximum absolute atomic E-state index is 11.6. The maximum Gasteiger partial charge on any atom is 0.315 e. The number of carboxylic acid groups (broad SMARTS) is 1. The number of hydrogen-bond acceptors (Lipinski definition) is 3. The maximum atomic E-state index is 11.6. The fourth-order valence-corrected chi connectivity index (χ4v) is 2.05. The highest BCUT2D eigenvalue weighted by Gasteiger charge is 2.27. The van der Waals surface area contributed by atoms with E-state index in [2.05, 4.69) is 10.6 Å². The van der Waals surface area contributed by atoms with E-state index in [1.807, 2.05) is 0 Å². The van der Waals surface area contributed by atoms with Gasteiger partial charge in [0.2, 0.25) is 0 Å². The minimum absolute atomic E-state index is 0.107. The lowest BCUT2D eigenvalue weighted by atomic mass is 9.90. The van der Waals surface area contributed by atoms with Crippen molar-refractivity contribution in [2.45, 2.75) is 58.1 Å². The Bertz CT molecular complexity index is 323. The van der Waals surface area contributed by atoms with Crippen molar-refractivity contribution in [1.82, 2.24) is 10.6 Å². The molecule has 2 amide bonds. The Morgan fingerprint density at radius 3 is 2.32 bits per heavy atom. The fourth-order valence-electron chi connectivity index (χ4n) is 2.05. The first-order chi connectivity index (χ1) is 8.81. The number of aliphatic hydroxyl groups is 1. The van der Waals surface area contributed by atoms with Gasteiger partial charge in [0.15, 0.2) is 0 Å². The number of carbonyl (C=O) groups excluding carboxylic acids is 1. The average Bonchev–Trinajstić information content (AvgIpc) is 2.31. The summed E-state index contributed by atoms with van der Waals surface area (Å²) in [7, 11) is 0. The van der Waals surface area contributed by atoms with Gasteiger partial charge in [-0.2, -0.15) is 0 Å². The van der Waals surface area contributed by atoms with Gasteiger partial charge in [-0.3, -0.25) is 4.79 Å². The van der Waals surface area contributed by atoms with Crippen molar-refractivity contribution < 1.29 is 19.8 Å². The molecule has 0 heterocycles. The molecule has 0 spiro atoms. The van der Waals surface area contributed by atoms with Crippen molar-refractivity contribution in [3.05, 3.63) is 0 Å². The van der Waals surface area contributed by atoms with Crippen LogP contribution >= 0.6 is 0 Å². The number of amides is 2. The molecule has 1 aliphatic rings. The first-order valence-corrected chi connectivity index (χ1v) is 6.77. The van der Waals surface area contributed by atoms with E-state index in [1.165, 1.54) is 0 Å². The Morgan fingerprint density at radius 1 is 1.21 bits per heavy atom. The molecule has 0 aromatic rings. The molecule has 0 unspecified atom stereocenters.